The third-order valence-corrected chi connectivity index (χ3v) is 8.53. The van der Waals surface area contributed by atoms with Gasteiger partial charge in [-0.3, -0.25) is 4.21 Å². The summed E-state index contributed by atoms with van der Waals surface area (Å²) in [4.78, 5) is 2.32. The molecule has 1 fully saturated rings. The normalized spacial score (nSPS) is 16.9. The molecule has 0 aromatic heterocycles. The highest BCUT2D eigenvalue weighted by molar-refractivity contribution is 7.85. The summed E-state index contributed by atoms with van der Waals surface area (Å²) >= 11 is 0. The zero-order valence-corrected chi connectivity index (χ0v) is 20.7. The summed E-state index contributed by atoms with van der Waals surface area (Å²) in [6.45, 7) is 2.54. The largest absolute Gasteiger partial charge is 0.391 e. The van der Waals surface area contributed by atoms with Crippen LogP contribution in [0.1, 0.15) is 41.2 Å². The summed E-state index contributed by atoms with van der Waals surface area (Å²) in [5.41, 5.74) is 2.70. The van der Waals surface area contributed by atoms with Gasteiger partial charge in [-0.05, 0) is 85.6 Å². The van der Waals surface area contributed by atoms with Gasteiger partial charge in [-0.2, -0.15) is 0 Å². The fourth-order valence-electron chi connectivity index (χ4n) is 4.88. The van der Waals surface area contributed by atoms with Crippen LogP contribution in [0.25, 0.3) is 0 Å². The first-order valence-corrected chi connectivity index (χ1v) is 13.7. The number of aliphatic hydroxyl groups excluding tert-OH is 1. The van der Waals surface area contributed by atoms with Crippen LogP contribution in [0.4, 0.5) is 8.78 Å². The molecule has 1 aliphatic rings. The second-order valence-corrected chi connectivity index (χ2v) is 11.1. The molecule has 2 unspecified atom stereocenters. The van der Waals surface area contributed by atoms with Gasteiger partial charge in [0, 0.05) is 23.1 Å². The number of nitrogens with zero attached hydrogens (tertiary/aromatic N) is 1. The van der Waals surface area contributed by atoms with Crippen molar-refractivity contribution in [1.29, 1.82) is 0 Å². The first-order valence-electron chi connectivity index (χ1n) is 12.3. The van der Waals surface area contributed by atoms with Gasteiger partial charge >= 0.3 is 0 Å². The van der Waals surface area contributed by atoms with E-state index in [1.807, 2.05) is 30.3 Å². The minimum absolute atomic E-state index is 0.335. The maximum absolute atomic E-state index is 13.5. The molecule has 2 atom stereocenters. The fourth-order valence-corrected chi connectivity index (χ4v) is 6.60. The van der Waals surface area contributed by atoms with E-state index in [-0.39, 0.29) is 17.7 Å². The van der Waals surface area contributed by atoms with E-state index in [0.717, 1.165) is 49.0 Å². The minimum Gasteiger partial charge on any atom is -0.391 e. The number of likely N-dealkylation sites (tertiary alicyclic amines) is 1. The third kappa shape index (κ3) is 7.53. The van der Waals surface area contributed by atoms with Crippen molar-refractivity contribution in [2.24, 2.45) is 5.92 Å². The van der Waals surface area contributed by atoms with Gasteiger partial charge in [0.05, 0.1) is 11.4 Å². The van der Waals surface area contributed by atoms with Gasteiger partial charge in [-0.25, -0.2) is 8.78 Å². The van der Waals surface area contributed by atoms with Crippen LogP contribution in [-0.4, -0.2) is 45.7 Å². The Morgan fingerprint density at radius 2 is 1.40 bits per heavy atom. The highest BCUT2D eigenvalue weighted by Crippen LogP contribution is 2.31. The summed E-state index contributed by atoms with van der Waals surface area (Å²) in [5.74, 6) is 0.361. The molecule has 1 N–H and O–H groups in total. The lowest BCUT2D eigenvalue weighted by Gasteiger charge is -2.33. The lowest BCUT2D eigenvalue weighted by molar-refractivity contribution is 0.0890. The molecule has 0 amide bonds. The van der Waals surface area contributed by atoms with Gasteiger partial charge < -0.3 is 10.0 Å². The Bertz CT molecular complexity index is 1020. The molecule has 0 bridgehead atoms. The Balaban J connectivity index is 1.29. The quantitative estimate of drug-likeness (QED) is 0.402. The van der Waals surface area contributed by atoms with Crippen molar-refractivity contribution in [2.45, 2.75) is 37.0 Å². The number of hydrogen-bond acceptors (Lipinski definition) is 3. The molecule has 0 saturated carbocycles. The predicted molar refractivity (Wildman–Crippen MR) is 138 cm³/mol. The number of β-amino-alcohol motifs (C(OH)–C–C–N with tert-alkyl or cyclic N) is 1. The van der Waals surface area contributed by atoms with Gasteiger partial charge in [0.1, 0.15) is 11.6 Å². The molecule has 4 rings (SSSR count). The van der Waals surface area contributed by atoms with Crippen molar-refractivity contribution < 1.29 is 18.1 Å². The van der Waals surface area contributed by atoms with E-state index >= 15 is 0 Å². The predicted octanol–water partition coefficient (Wildman–Crippen LogP) is 5.51. The number of aliphatic hydroxyl groups is 1. The van der Waals surface area contributed by atoms with E-state index in [2.05, 4.69) is 4.90 Å². The highest BCUT2D eigenvalue weighted by atomic mass is 32.2. The molecule has 35 heavy (non-hydrogen) atoms. The maximum atomic E-state index is 13.5. The topological polar surface area (TPSA) is 40.5 Å². The molecule has 1 saturated heterocycles. The van der Waals surface area contributed by atoms with Gasteiger partial charge in [0.15, 0.2) is 0 Å². The number of piperidine rings is 1. The van der Waals surface area contributed by atoms with E-state index in [9.17, 15) is 18.1 Å². The Morgan fingerprint density at radius 3 is 1.94 bits per heavy atom. The fraction of sp³-hybridized carbons (Fsp3) is 0.379. The number of halogens is 2. The Morgan fingerprint density at radius 1 is 0.857 bits per heavy atom. The molecule has 1 aliphatic heterocycles. The van der Waals surface area contributed by atoms with Crippen molar-refractivity contribution in [3.63, 3.8) is 0 Å². The summed E-state index contributed by atoms with van der Waals surface area (Å²) in [6, 6.07) is 22.2. The first-order chi connectivity index (χ1) is 17.0. The van der Waals surface area contributed by atoms with Crippen molar-refractivity contribution in [1.82, 2.24) is 4.90 Å². The molecular formula is C29H33F2NO2S. The van der Waals surface area contributed by atoms with Gasteiger partial charge in [-0.15, -0.1) is 0 Å². The van der Waals surface area contributed by atoms with Crippen LogP contribution in [0.5, 0.6) is 0 Å². The molecule has 1 heterocycles. The van der Waals surface area contributed by atoms with Gasteiger partial charge in [-0.1, -0.05) is 54.6 Å². The maximum Gasteiger partial charge on any atom is 0.123 e. The van der Waals surface area contributed by atoms with Gasteiger partial charge in [0.2, 0.25) is 0 Å². The zero-order chi connectivity index (χ0) is 24.6. The average Bonchev–Trinajstić information content (AvgIpc) is 2.86. The molecule has 0 aliphatic carbocycles. The van der Waals surface area contributed by atoms with Gasteiger partial charge in [0.25, 0.3) is 0 Å². The highest BCUT2D eigenvalue weighted by Gasteiger charge is 2.25. The zero-order valence-electron chi connectivity index (χ0n) is 19.9. The molecule has 0 spiro atoms. The first kappa shape index (κ1) is 25.7. The van der Waals surface area contributed by atoms with Crippen molar-refractivity contribution >= 4 is 10.8 Å². The summed E-state index contributed by atoms with van der Waals surface area (Å²) in [7, 11) is -1.21. The van der Waals surface area contributed by atoms with E-state index in [0.29, 0.717) is 24.6 Å². The van der Waals surface area contributed by atoms with Crippen LogP contribution in [0.2, 0.25) is 0 Å². The summed E-state index contributed by atoms with van der Waals surface area (Å²) in [6.07, 6.45) is 3.17. The molecule has 6 heteroatoms. The second kappa shape index (κ2) is 12.5. The summed E-state index contributed by atoms with van der Waals surface area (Å²) in [5, 5.41) is 10.1. The lowest BCUT2D eigenvalue weighted by Crippen LogP contribution is -2.39. The number of hydrogen-bond donors (Lipinski definition) is 1. The number of benzene rings is 3. The number of rotatable bonds is 10. The van der Waals surface area contributed by atoms with Crippen molar-refractivity contribution in [2.75, 3.05) is 25.4 Å². The van der Waals surface area contributed by atoms with Crippen LogP contribution in [0, 0.1) is 17.6 Å². The van der Waals surface area contributed by atoms with E-state index < -0.39 is 16.0 Å². The Kier molecular flexibility index (Phi) is 9.18. The van der Waals surface area contributed by atoms with Crippen LogP contribution in [0.3, 0.4) is 0 Å². The van der Waals surface area contributed by atoms with Crippen LogP contribution in [-0.2, 0) is 17.2 Å². The van der Waals surface area contributed by atoms with Crippen molar-refractivity contribution in [3.8, 4) is 0 Å². The SMILES string of the molecule is O=S(CCC1CCN(CC(O)Cc2ccccc2)CC1)C(c1ccc(F)cc1)c1ccc(F)cc1. The third-order valence-electron chi connectivity index (χ3n) is 6.83. The molecule has 0 radical (unpaired) electrons. The standard InChI is InChI=1S/C29H33F2NO2S/c30-26-10-6-24(7-11-26)29(25-8-12-27(31)13-9-25)35(34)19-16-22-14-17-32(18-15-22)21-28(33)20-23-4-2-1-3-5-23/h1-13,22,28-29,33H,14-21H2. The monoisotopic (exact) mass is 497 g/mol. The van der Waals surface area contributed by atoms with E-state index in [1.165, 1.54) is 24.3 Å². The van der Waals surface area contributed by atoms with E-state index in [4.69, 9.17) is 0 Å². The molecule has 3 aromatic carbocycles. The minimum atomic E-state index is -1.21. The Labute approximate surface area is 209 Å². The second-order valence-electron chi connectivity index (χ2n) is 9.44. The molecular weight excluding hydrogens is 464 g/mol. The van der Waals surface area contributed by atoms with E-state index in [1.54, 1.807) is 24.3 Å². The molecule has 3 nitrogen and oxygen atoms in total. The molecule has 3 aromatic rings. The Hall–Kier alpha value is -2.41. The summed E-state index contributed by atoms with van der Waals surface area (Å²) < 4.78 is 40.4. The lowest BCUT2D eigenvalue weighted by atomic mass is 9.94. The van der Waals surface area contributed by atoms with Crippen molar-refractivity contribution in [3.05, 3.63) is 107 Å². The van der Waals surface area contributed by atoms with Crippen LogP contribution >= 0.6 is 0 Å². The average molecular weight is 498 g/mol. The van der Waals surface area contributed by atoms with Crippen LogP contribution < -0.4 is 0 Å². The van der Waals surface area contributed by atoms with Crippen LogP contribution in [0.15, 0.2) is 78.9 Å². The molecule has 186 valence electrons. The smallest absolute Gasteiger partial charge is 0.123 e.